The van der Waals surface area contributed by atoms with E-state index in [1.165, 1.54) is 0 Å². The maximum absolute atomic E-state index is 12.9. The minimum atomic E-state index is -0.580. The molecule has 1 amide bonds. The predicted molar refractivity (Wildman–Crippen MR) is 95.7 cm³/mol. The Bertz CT molecular complexity index is 744. The summed E-state index contributed by atoms with van der Waals surface area (Å²) < 4.78 is 7.85. The normalized spacial score (nSPS) is 18.7. The fraction of sp³-hybridized carbons (Fsp3) is 0.389. The Kier molecular flexibility index (Phi) is 5.07. The molecule has 0 radical (unpaired) electrons. The van der Waals surface area contributed by atoms with E-state index in [1.54, 1.807) is 25.1 Å². The highest BCUT2D eigenvalue weighted by Crippen LogP contribution is 2.33. The second kappa shape index (κ2) is 7.08. The van der Waals surface area contributed by atoms with Crippen molar-refractivity contribution in [1.29, 1.82) is 0 Å². The van der Waals surface area contributed by atoms with Crippen LogP contribution in [0.25, 0.3) is 0 Å². The Morgan fingerprint density at radius 3 is 2.75 bits per heavy atom. The number of aromatic nitrogens is 1. The molecule has 128 valence electrons. The molecule has 1 saturated heterocycles. The zero-order chi connectivity index (χ0) is 17.3. The Morgan fingerprint density at radius 1 is 1.29 bits per heavy atom. The van der Waals surface area contributed by atoms with Crippen LogP contribution in [0.5, 0.6) is 5.75 Å². The molecule has 0 spiro atoms. The van der Waals surface area contributed by atoms with Crippen molar-refractivity contribution in [3.05, 3.63) is 52.3 Å². The SMILES string of the molecule is CC(Oc1ccc(Cl)c(Cl)c1)C(=O)N1CCCC1c1cccn1C. The minimum absolute atomic E-state index is 0.00947. The number of ether oxygens (including phenoxy) is 1. The molecule has 3 rings (SSSR count). The number of amides is 1. The van der Waals surface area contributed by atoms with Crippen molar-refractivity contribution >= 4 is 29.1 Å². The minimum Gasteiger partial charge on any atom is -0.481 e. The second-order valence-electron chi connectivity index (χ2n) is 6.07. The van der Waals surface area contributed by atoms with Crippen LogP contribution >= 0.6 is 23.2 Å². The van der Waals surface area contributed by atoms with Crippen molar-refractivity contribution < 1.29 is 9.53 Å². The summed E-state index contributed by atoms with van der Waals surface area (Å²) in [6, 6.07) is 9.20. The fourth-order valence-corrected chi connectivity index (χ4v) is 3.48. The molecule has 1 aliphatic heterocycles. The molecule has 0 saturated carbocycles. The lowest BCUT2D eigenvalue weighted by Gasteiger charge is -2.28. The Balaban J connectivity index is 1.72. The number of hydrogen-bond donors (Lipinski definition) is 0. The van der Waals surface area contributed by atoms with Gasteiger partial charge in [-0.1, -0.05) is 23.2 Å². The van der Waals surface area contributed by atoms with Crippen molar-refractivity contribution in [2.45, 2.75) is 31.9 Å². The first kappa shape index (κ1) is 17.2. The topological polar surface area (TPSA) is 34.5 Å². The van der Waals surface area contributed by atoms with E-state index in [1.807, 2.05) is 24.2 Å². The van der Waals surface area contributed by atoms with Crippen LogP contribution in [0.15, 0.2) is 36.5 Å². The van der Waals surface area contributed by atoms with Gasteiger partial charge in [0, 0.05) is 31.5 Å². The van der Waals surface area contributed by atoms with Gasteiger partial charge in [0.15, 0.2) is 6.10 Å². The Hall–Kier alpha value is -1.65. The third-order valence-electron chi connectivity index (χ3n) is 4.41. The first-order chi connectivity index (χ1) is 11.5. The maximum Gasteiger partial charge on any atom is 0.263 e. The predicted octanol–water partition coefficient (Wildman–Crippen LogP) is 4.46. The van der Waals surface area contributed by atoms with Crippen LogP contribution in [0.1, 0.15) is 31.5 Å². The van der Waals surface area contributed by atoms with Crippen molar-refractivity contribution in [3.63, 3.8) is 0 Å². The van der Waals surface area contributed by atoms with Gasteiger partial charge in [-0.25, -0.2) is 0 Å². The molecule has 0 aliphatic carbocycles. The van der Waals surface area contributed by atoms with Gasteiger partial charge in [0.25, 0.3) is 5.91 Å². The monoisotopic (exact) mass is 366 g/mol. The van der Waals surface area contributed by atoms with Gasteiger partial charge < -0.3 is 14.2 Å². The van der Waals surface area contributed by atoms with Gasteiger partial charge in [-0.15, -0.1) is 0 Å². The summed E-state index contributed by atoms with van der Waals surface area (Å²) in [5, 5.41) is 0.878. The number of carbonyl (C=O) groups excluding carboxylic acids is 1. The summed E-state index contributed by atoms with van der Waals surface area (Å²) in [4.78, 5) is 14.8. The van der Waals surface area contributed by atoms with E-state index >= 15 is 0 Å². The highest BCUT2D eigenvalue weighted by Gasteiger charge is 2.34. The molecule has 2 unspecified atom stereocenters. The van der Waals surface area contributed by atoms with E-state index in [0.29, 0.717) is 15.8 Å². The Labute approximate surface area is 151 Å². The molecule has 2 atom stereocenters. The van der Waals surface area contributed by atoms with Crippen LogP contribution in [0, 0.1) is 0 Å². The summed E-state index contributed by atoms with van der Waals surface area (Å²) >= 11 is 11.9. The zero-order valence-electron chi connectivity index (χ0n) is 13.7. The fourth-order valence-electron chi connectivity index (χ4n) is 3.20. The van der Waals surface area contributed by atoms with Crippen LogP contribution in [0.2, 0.25) is 10.0 Å². The first-order valence-corrected chi connectivity index (χ1v) is 8.76. The molecule has 4 nitrogen and oxygen atoms in total. The molecule has 6 heteroatoms. The van der Waals surface area contributed by atoms with Crippen LogP contribution in [0.3, 0.4) is 0 Å². The van der Waals surface area contributed by atoms with Crippen molar-refractivity contribution in [1.82, 2.24) is 9.47 Å². The van der Waals surface area contributed by atoms with Crippen molar-refractivity contribution in [2.24, 2.45) is 7.05 Å². The number of benzene rings is 1. The second-order valence-corrected chi connectivity index (χ2v) is 6.88. The summed E-state index contributed by atoms with van der Waals surface area (Å²) in [6.07, 6.45) is 3.40. The molecule has 1 fully saturated rings. The number of nitrogens with zero attached hydrogens (tertiary/aromatic N) is 2. The summed E-state index contributed by atoms with van der Waals surface area (Å²) in [5.41, 5.74) is 1.16. The quantitative estimate of drug-likeness (QED) is 0.800. The van der Waals surface area contributed by atoms with Crippen LogP contribution < -0.4 is 4.74 Å². The van der Waals surface area contributed by atoms with Crippen molar-refractivity contribution in [2.75, 3.05) is 6.54 Å². The van der Waals surface area contributed by atoms with Gasteiger partial charge in [0.05, 0.1) is 16.1 Å². The molecule has 0 N–H and O–H groups in total. The molecule has 1 aliphatic rings. The Morgan fingerprint density at radius 2 is 2.08 bits per heavy atom. The number of aryl methyl sites for hydroxylation is 1. The van der Waals surface area contributed by atoms with Gasteiger partial charge in [-0.2, -0.15) is 0 Å². The van der Waals surface area contributed by atoms with E-state index in [4.69, 9.17) is 27.9 Å². The standard InChI is InChI=1S/C18H20Cl2N2O2/c1-12(24-13-7-8-14(19)15(20)11-13)18(23)22-10-4-6-17(22)16-5-3-9-21(16)2/h3,5,7-9,11-12,17H,4,6,10H2,1-2H3. The lowest BCUT2D eigenvalue weighted by atomic mass is 10.1. The van der Waals surface area contributed by atoms with Gasteiger partial charge in [0.2, 0.25) is 0 Å². The summed E-state index contributed by atoms with van der Waals surface area (Å²) in [5.74, 6) is 0.532. The summed E-state index contributed by atoms with van der Waals surface area (Å²) in [7, 11) is 2.01. The molecule has 2 aromatic rings. The lowest BCUT2D eigenvalue weighted by Crippen LogP contribution is -2.40. The largest absolute Gasteiger partial charge is 0.481 e. The van der Waals surface area contributed by atoms with Gasteiger partial charge in [-0.05, 0) is 44.0 Å². The molecule has 24 heavy (non-hydrogen) atoms. The van der Waals surface area contributed by atoms with E-state index in [9.17, 15) is 4.79 Å². The van der Waals surface area contributed by atoms with Crippen molar-refractivity contribution in [3.8, 4) is 5.75 Å². The van der Waals surface area contributed by atoms with Crippen LogP contribution in [0.4, 0.5) is 0 Å². The first-order valence-electron chi connectivity index (χ1n) is 8.01. The molecule has 1 aromatic heterocycles. The highest BCUT2D eigenvalue weighted by atomic mass is 35.5. The number of hydrogen-bond acceptors (Lipinski definition) is 2. The third kappa shape index (κ3) is 3.40. The molecular weight excluding hydrogens is 347 g/mol. The third-order valence-corrected chi connectivity index (χ3v) is 5.15. The van der Waals surface area contributed by atoms with Gasteiger partial charge >= 0.3 is 0 Å². The van der Waals surface area contributed by atoms with E-state index in [0.717, 1.165) is 25.1 Å². The average Bonchev–Trinajstić information content (AvgIpc) is 3.18. The number of halogens is 2. The molecule has 1 aromatic carbocycles. The average molecular weight is 367 g/mol. The van der Waals surface area contributed by atoms with E-state index in [-0.39, 0.29) is 11.9 Å². The maximum atomic E-state index is 12.9. The zero-order valence-corrected chi connectivity index (χ0v) is 15.2. The van der Waals surface area contributed by atoms with Gasteiger partial charge in [-0.3, -0.25) is 4.79 Å². The molecule has 0 bridgehead atoms. The number of likely N-dealkylation sites (tertiary alicyclic amines) is 1. The van der Waals surface area contributed by atoms with E-state index < -0.39 is 6.10 Å². The number of rotatable bonds is 4. The van der Waals surface area contributed by atoms with Gasteiger partial charge in [0.1, 0.15) is 5.75 Å². The summed E-state index contributed by atoms with van der Waals surface area (Å²) in [6.45, 7) is 2.52. The molecule has 2 heterocycles. The number of carbonyl (C=O) groups is 1. The molecular formula is C18H20Cl2N2O2. The lowest BCUT2D eigenvalue weighted by molar-refractivity contribution is -0.139. The van der Waals surface area contributed by atoms with Crippen LogP contribution in [-0.4, -0.2) is 28.0 Å². The smallest absolute Gasteiger partial charge is 0.263 e. The van der Waals surface area contributed by atoms with E-state index in [2.05, 4.69) is 10.6 Å². The van der Waals surface area contributed by atoms with Crippen LogP contribution in [-0.2, 0) is 11.8 Å². The highest BCUT2D eigenvalue weighted by molar-refractivity contribution is 6.42.